The lowest BCUT2D eigenvalue weighted by Gasteiger charge is -1.89. The van der Waals surface area contributed by atoms with Crippen LogP contribution >= 0.6 is 0 Å². The van der Waals surface area contributed by atoms with Crippen molar-refractivity contribution in [1.82, 2.24) is 0 Å². The average molecular weight is 426 g/mol. The molecule has 0 saturated carbocycles. The summed E-state index contributed by atoms with van der Waals surface area (Å²) >= 11 is 0. The predicted molar refractivity (Wildman–Crippen MR) is 132 cm³/mol. The lowest BCUT2D eigenvalue weighted by Crippen LogP contribution is -1.94. The Labute approximate surface area is 186 Å². The number of nitrogens with zero attached hydrogens (tertiary/aromatic N) is 5. The van der Waals surface area contributed by atoms with Crippen molar-refractivity contribution in [2.75, 3.05) is 0 Å². The van der Waals surface area contributed by atoms with Crippen LogP contribution < -0.4 is 0 Å². The first-order valence-electron chi connectivity index (χ1n) is 10.5. The third-order valence-electron chi connectivity index (χ3n) is 4.74. The van der Waals surface area contributed by atoms with Gasteiger partial charge in [-0.25, -0.2) is 0 Å². The first-order valence-corrected chi connectivity index (χ1v) is 10.5. The van der Waals surface area contributed by atoms with Crippen LogP contribution in [0.15, 0.2) is 66.7 Å². The predicted octanol–water partition coefficient (Wildman–Crippen LogP) is 6.62. The largest absolute Gasteiger partial charge is 0.362 e. The first kappa shape index (κ1) is 26.1. The van der Waals surface area contributed by atoms with E-state index in [4.69, 9.17) is 0 Å². The standard InChI is InChI=1S/C7H11N.C6H8N2O2.C6H9N.C5H7N/c1-5-4-6(2)8-7(5)3;1-4-3-5(2)7-6(4)8(9)10;1-5-3-4-6(2)7-5;1-5-3-2-4-6-5/h4H2,1-3H3;3H2,1-2H3;3H,4H2,1-2H3;2,4H,3H2,1H3. The Balaban J connectivity index is 0.000000210. The van der Waals surface area contributed by atoms with Gasteiger partial charge in [-0.2, -0.15) is 0 Å². The molecule has 0 fully saturated rings. The van der Waals surface area contributed by atoms with E-state index in [1.54, 1.807) is 13.8 Å². The van der Waals surface area contributed by atoms with Crippen molar-refractivity contribution in [3.05, 3.63) is 56.8 Å². The molecular weight excluding hydrogens is 390 g/mol. The topological polar surface area (TPSA) is 92.6 Å². The van der Waals surface area contributed by atoms with Crippen LogP contribution in [-0.2, 0) is 0 Å². The highest BCUT2D eigenvalue weighted by molar-refractivity contribution is 5.88. The molecule has 0 aliphatic carbocycles. The van der Waals surface area contributed by atoms with Gasteiger partial charge in [-0.15, -0.1) is 0 Å². The highest BCUT2D eigenvalue weighted by atomic mass is 16.6. The summed E-state index contributed by atoms with van der Waals surface area (Å²) in [5.74, 6) is 0.0255. The fourth-order valence-corrected chi connectivity index (χ4v) is 3.05. The van der Waals surface area contributed by atoms with Gasteiger partial charge in [-0.05, 0) is 70.9 Å². The van der Waals surface area contributed by atoms with E-state index in [9.17, 15) is 10.1 Å². The Hall–Kier alpha value is -2.96. The maximum Gasteiger partial charge on any atom is 0.362 e. The van der Waals surface area contributed by atoms with E-state index in [0.717, 1.165) is 36.2 Å². The molecule has 0 saturated heterocycles. The van der Waals surface area contributed by atoms with E-state index < -0.39 is 4.92 Å². The lowest BCUT2D eigenvalue weighted by atomic mass is 10.2. The number of hydrogen-bond acceptors (Lipinski definition) is 6. The number of nitro groups is 1. The molecule has 4 heterocycles. The lowest BCUT2D eigenvalue weighted by molar-refractivity contribution is -0.426. The summed E-state index contributed by atoms with van der Waals surface area (Å²) in [6.07, 6.45) is 9.88. The molecule has 0 aromatic rings. The molecule has 168 valence electrons. The van der Waals surface area contributed by atoms with E-state index >= 15 is 0 Å². The summed E-state index contributed by atoms with van der Waals surface area (Å²) in [5, 5.41) is 10.2. The fraction of sp³-hybridized carbons (Fsp3) is 0.500. The van der Waals surface area contributed by atoms with Gasteiger partial charge in [0.15, 0.2) is 0 Å². The van der Waals surface area contributed by atoms with Crippen LogP contribution in [0.5, 0.6) is 0 Å². The molecule has 0 spiro atoms. The molecule has 7 nitrogen and oxygen atoms in total. The van der Waals surface area contributed by atoms with Crippen LogP contribution in [0.4, 0.5) is 0 Å². The smallest absolute Gasteiger partial charge is 0.358 e. The summed E-state index contributed by atoms with van der Waals surface area (Å²) in [4.78, 5) is 25.9. The van der Waals surface area contributed by atoms with Crippen LogP contribution in [0.1, 0.15) is 81.1 Å². The minimum Gasteiger partial charge on any atom is -0.358 e. The Kier molecular flexibility index (Phi) is 10.7. The van der Waals surface area contributed by atoms with Crippen molar-refractivity contribution in [3.8, 4) is 0 Å². The number of aliphatic imine (C=N–C) groups is 4. The summed E-state index contributed by atoms with van der Waals surface area (Å²) < 4.78 is 0. The number of rotatable bonds is 1. The molecule has 0 amide bonds. The average Bonchev–Trinajstić information content (AvgIpc) is 3.43. The van der Waals surface area contributed by atoms with Gasteiger partial charge in [-0.3, -0.25) is 15.0 Å². The van der Waals surface area contributed by atoms with Gasteiger partial charge in [0.25, 0.3) is 0 Å². The van der Waals surface area contributed by atoms with Crippen LogP contribution in [-0.4, -0.2) is 27.8 Å². The second kappa shape index (κ2) is 12.7. The molecule has 0 bridgehead atoms. The zero-order valence-electron chi connectivity index (χ0n) is 20.1. The minimum atomic E-state index is -0.439. The summed E-state index contributed by atoms with van der Waals surface area (Å²) in [7, 11) is 0. The van der Waals surface area contributed by atoms with Crippen molar-refractivity contribution in [2.24, 2.45) is 20.0 Å². The SMILES string of the molecule is CC1=CCC(C)=N1.CC1=NC(C)=C(C)C1.CC1=NC([N+](=O)[O-])=C(C)C1.CC1=NC=CC1. The van der Waals surface area contributed by atoms with Crippen LogP contribution in [0.25, 0.3) is 0 Å². The molecule has 0 aromatic heterocycles. The molecule has 0 aromatic carbocycles. The van der Waals surface area contributed by atoms with E-state index in [0.29, 0.717) is 6.42 Å². The van der Waals surface area contributed by atoms with E-state index in [1.807, 2.05) is 27.0 Å². The maximum absolute atomic E-state index is 10.2. The van der Waals surface area contributed by atoms with Crippen molar-refractivity contribution < 1.29 is 4.92 Å². The molecule has 4 aliphatic rings. The summed E-state index contributed by atoms with van der Waals surface area (Å²) in [6, 6.07) is 0. The van der Waals surface area contributed by atoms with Gasteiger partial charge in [0.2, 0.25) is 0 Å². The molecule has 4 aliphatic heterocycles. The van der Waals surface area contributed by atoms with Gasteiger partial charge in [0.1, 0.15) is 5.71 Å². The van der Waals surface area contributed by atoms with E-state index in [2.05, 4.69) is 52.9 Å². The van der Waals surface area contributed by atoms with Crippen molar-refractivity contribution >= 4 is 22.8 Å². The maximum atomic E-state index is 10.2. The molecule has 31 heavy (non-hydrogen) atoms. The monoisotopic (exact) mass is 425 g/mol. The minimum absolute atomic E-state index is 0.0255. The number of allylic oxidation sites excluding steroid dienone is 6. The molecule has 0 unspecified atom stereocenters. The Morgan fingerprint density at radius 3 is 1.55 bits per heavy atom. The Morgan fingerprint density at radius 2 is 1.39 bits per heavy atom. The Bertz CT molecular complexity index is 941. The molecule has 0 atom stereocenters. The normalized spacial score (nSPS) is 18.6. The summed E-state index contributed by atoms with van der Waals surface area (Å²) in [5.41, 5.74) is 9.07. The van der Waals surface area contributed by atoms with E-state index in [1.165, 1.54) is 28.4 Å². The Morgan fingerprint density at radius 1 is 0.774 bits per heavy atom. The zero-order chi connectivity index (χ0) is 23.6. The molecule has 0 N–H and O–H groups in total. The van der Waals surface area contributed by atoms with E-state index in [-0.39, 0.29) is 5.82 Å². The summed E-state index contributed by atoms with van der Waals surface area (Å²) in [6.45, 7) is 15.9. The fourth-order valence-electron chi connectivity index (χ4n) is 3.05. The van der Waals surface area contributed by atoms with Crippen LogP contribution in [0, 0.1) is 10.1 Å². The highest BCUT2D eigenvalue weighted by Crippen LogP contribution is 2.19. The second-order valence-electron chi connectivity index (χ2n) is 8.12. The number of hydrogen-bond donors (Lipinski definition) is 0. The van der Waals surface area contributed by atoms with Gasteiger partial charge < -0.3 is 10.1 Å². The molecule has 4 rings (SSSR count). The van der Waals surface area contributed by atoms with Crippen molar-refractivity contribution in [2.45, 2.75) is 81.1 Å². The molecule has 7 heteroatoms. The second-order valence-corrected chi connectivity index (χ2v) is 8.12. The highest BCUT2D eigenvalue weighted by Gasteiger charge is 2.22. The third kappa shape index (κ3) is 10.1. The third-order valence-corrected chi connectivity index (χ3v) is 4.74. The van der Waals surface area contributed by atoms with Crippen molar-refractivity contribution in [3.63, 3.8) is 0 Å². The van der Waals surface area contributed by atoms with Gasteiger partial charge in [0, 0.05) is 66.0 Å². The first-order chi connectivity index (χ1) is 14.5. The molecular formula is C24H35N5O2. The van der Waals surface area contributed by atoms with Gasteiger partial charge in [-0.1, -0.05) is 12.2 Å². The zero-order valence-corrected chi connectivity index (χ0v) is 20.1. The molecule has 0 radical (unpaired) electrons. The van der Waals surface area contributed by atoms with Gasteiger partial charge >= 0.3 is 5.82 Å². The van der Waals surface area contributed by atoms with Crippen molar-refractivity contribution in [1.29, 1.82) is 0 Å². The van der Waals surface area contributed by atoms with Crippen LogP contribution in [0.3, 0.4) is 0 Å². The quantitative estimate of drug-likeness (QED) is 0.348. The van der Waals surface area contributed by atoms with Gasteiger partial charge in [0.05, 0.1) is 0 Å². The van der Waals surface area contributed by atoms with Crippen LogP contribution in [0.2, 0.25) is 0 Å².